The van der Waals surface area contributed by atoms with Crippen LogP contribution in [0.2, 0.25) is 0 Å². The molecule has 0 aliphatic carbocycles. The molecule has 0 saturated heterocycles. The predicted molar refractivity (Wildman–Crippen MR) is 39.9 cm³/mol. The van der Waals surface area contributed by atoms with Crippen LogP contribution in [-0.2, 0) is 0 Å². The van der Waals surface area contributed by atoms with Crippen LogP contribution in [0.4, 0.5) is 13.2 Å². The Kier molecular flexibility index (Phi) is 4.71. The fourth-order valence-corrected chi connectivity index (χ4v) is 0.724. The Morgan fingerprint density at radius 1 is 1.50 bits per heavy atom. The predicted octanol–water partition coefficient (Wildman–Crippen LogP) is 1.18. The Hall–Kier alpha value is -0.730. The van der Waals surface area contributed by atoms with E-state index in [1.165, 1.54) is 0 Å². The number of nitrogens with two attached hydrogens (primary N) is 1. The van der Waals surface area contributed by atoms with E-state index >= 15 is 0 Å². The Labute approximate surface area is 69.3 Å². The number of nitrogens with one attached hydrogen (secondary N) is 1. The first-order chi connectivity index (χ1) is 5.49. The van der Waals surface area contributed by atoms with Crippen molar-refractivity contribution >= 4 is 0 Å². The third-order valence-corrected chi connectivity index (χ3v) is 1.38. The number of rotatable bonds is 4. The lowest BCUT2D eigenvalue weighted by Crippen LogP contribution is -2.35. The lowest BCUT2D eigenvalue weighted by Gasteiger charge is -2.13. The molecule has 0 aromatic carbocycles. The molecule has 0 rings (SSSR count). The summed E-state index contributed by atoms with van der Waals surface area (Å²) in [4.78, 5) is 0. The van der Waals surface area contributed by atoms with E-state index in [1.54, 1.807) is 0 Å². The van der Waals surface area contributed by atoms with Gasteiger partial charge < -0.3 is 0 Å². The maximum Gasteiger partial charge on any atom is 0.389 e. The van der Waals surface area contributed by atoms with Crippen molar-refractivity contribution in [3.8, 4) is 12.3 Å². The Morgan fingerprint density at radius 3 is 2.42 bits per heavy atom. The highest BCUT2D eigenvalue weighted by atomic mass is 19.4. The second-order valence-corrected chi connectivity index (χ2v) is 2.43. The minimum absolute atomic E-state index is 0.0792. The quantitative estimate of drug-likeness (QED) is 0.387. The van der Waals surface area contributed by atoms with Gasteiger partial charge in [-0.3, -0.25) is 11.3 Å². The molecule has 2 nitrogen and oxygen atoms in total. The van der Waals surface area contributed by atoms with Gasteiger partial charge >= 0.3 is 6.18 Å². The van der Waals surface area contributed by atoms with Crippen LogP contribution >= 0.6 is 0 Å². The van der Waals surface area contributed by atoms with Crippen molar-refractivity contribution in [2.75, 3.05) is 0 Å². The van der Waals surface area contributed by atoms with E-state index in [9.17, 15) is 13.2 Å². The van der Waals surface area contributed by atoms with Crippen molar-refractivity contribution in [2.24, 2.45) is 5.84 Å². The summed E-state index contributed by atoms with van der Waals surface area (Å²) in [5.74, 6) is 7.22. The van der Waals surface area contributed by atoms with Crippen LogP contribution < -0.4 is 11.3 Å². The molecule has 3 N–H and O–H groups in total. The SMILES string of the molecule is C#CCC(CCC(F)(F)F)NN. The van der Waals surface area contributed by atoms with Crippen LogP contribution in [0.15, 0.2) is 0 Å². The van der Waals surface area contributed by atoms with Gasteiger partial charge in [-0.2, -0.15) is 13.2 Å². The van der Waals surface area contributed by atoms with E-state index in [0.29, 0.717) is 0 Å². The highest BCUT2D eigenvalue weighted by Crippen LogP contribution is 2.22. The molecular formula is C7H11F3N2. The fraction of sp³-hybridized carbons (Fsp3) is 0.714. The van der Waals surface area contributed by atoms with Gasteiger partial charge in [0.1, 0.15) is 0 Å². The molecule has 0 heterocycles. The van der Waals surface area contributed by atoms with Crippen molar-refractivity contribution in [1.82, 2.24) is 5.43 Å². The van der Waals surface area contributed by atoms with Crippen molar-refractivity contribution < 1.29 is 13.2 Å². The summed E-state index contributed by atoms with van der Waals surface area (Å²) in [7, 11) is 0. The lowest BCUT2D eigenvalue weighted by atomic mass is 10.1. The van der Waals surface area contributed by atoms with Crippen LogP contribution in [0.5, 0.6) is 0 Å². The highest BCUT2D eigenvalue weighted by Gasteiger charge is 2.27. The van der Waals surface area contributed by atoms with Crippen LogP contribution in [-0.4, -0.2) is 12.2 Å². The number of halogens is 3. The molecule has 0 aliphatic heterocycles. The van der Waals surface area contributed by atoms with Crippen molar-refractivity contribution in [2.45, 2.75) is 31.5 Å². The molecule has 0 bridgehead atoms. The number of hydrogen-bond acceptors (Lipinski definition) is 2. The summed E-state index contributed by atoms with van der Waals surface area (Å²) in [6, 6.07) is -0.448. The van der Waals surface area contributed by atoms with Crippen LogP contribution in [0, 0.1) is 12.3 Å². The number of alkyl halides is 3. The number of hydrazine groups is 1. The molecule has 0 spiro atoms. The Bertz CT molecular complexity index is 159. The van der Waals surface area contributed by atoms with Gasteiger partial charge in [-0.15, -0.1) is 12.3 Å². The van der Waals surface area contributed by atoms with E-state index in [2.05, 4.69) is 11.3 Å². The zero-order chi connectivity index (χ0) is 9.61. The summed E-state index contributed by atoms with van der Waals surface area (Å²) in [5.41, 5.74) is 2.23. The Morgan fingerprint density at radius 2 is 2.08 bits per heavy atom. The molecule has 0 radical (unpaired) electrons. The standard InChI is InChI=1S/C7H11F3N2/c1-2-3-6(12-11)4-5-7(8,9)10/h1,6,12H,3-5,11H2. The van der Waals surface area contributed by atoms with Gasteiger partial charge in [0.25, 0.3) is 0 Å². The second-order valence-electron chi connectivity index (χ2n) is 2.43. The fourth-order valence-electron chi connectivity index (χ4n) is 0.724. The van der Waals surface area contributed by atoms with E-state index in [0.717, 1.165) is 0 Å². The smallest absolute Gasteiger partial charge is 0.271 e. The molecule has 0 amide bonds. The maximum atomic E-state index is 11.7. The van der Waals surface area contributed by atoms with E-state index in [1.807, 2.05) is 0 Å². The molecule has 0 aliphatic rings. The average molecular weight is 180 g/mol. The third kappa shape index (κ3) is 6.01. The summed E-state index contributed by atoms with van der Waals surface area (Å²) < 4.78 is 35.0. The van der Waals surface area contributed by atoms with Gasteiger partial charge in [0.15, 0.2) is 0 Å². The second kappa shape index (κ2) is 5.01. The Balaban J connectivity index is 3.67. The van der Waals surface area contributed by atoms with Gasteiger partial charge in [0.05, 0.1) is 0 Å². The molecule has 12 heavy (non-hydrogen) atoms. The molecule has 0 aromatic heterocycles. The molecule has 1 unspecified atom stereocenters. The highest BCUT2D eigenvalue weighted by molar-refractivity contribution is 4.89. The van der Waals surface area contributed by atoms with E-state index < -0.39 is 18.6 Å². The first-order valence-electron chi connectivity index (χ1n) is 3.46. The number of terminal acetylenes is 1. The van der Waals surface area contributed by atoms with E-state index in [-0.39, 0.29) is 12.8 Å². The average Bonchev–Trinajstić information content (AvgIpc) is 1.96. The largest absolute Gasteiger partial charge is 0.389 e. The summed E-state index contributed by atoms with van der Waals surface area (Å²) in [5, 5.41) is 0. The number of hydrogen-bond donors (Lipinski definition) is 2. The maximum absolute atomic E-state index is 11.7. The zero-order valence-electron chi connectivity index (χ0n) is 6.49. The third-order valence-electron chi connectivity index (χ3n) is 1.38. The molecule has 0 fully saturated rings. The van der Waals surface area contributed by atoms with Gasteiger partial charge in [-0.1, -0.05) is 0 Å². The van der Waals surface area contributed by atoms with Crippen molar-refractivity contribution in [3.05, 3.63) is 0 Å². The van der Waals surface area contributed by atoms with Gasteiger partial charge in [-0.25, -0.2) is 0 Å². The summed E-state index contributed by atoms with van der Waals surface area (Å²) in [6.45, 7) is 0. The van der Waals surface area contributed by atoms with Crippen LogP contribution in [0.3, 0.4) is 0 Å². The van der Waals surface area contributed by atoms with Crippen LogP contribution in [0.25, 0.3) is 0 Å². The lowest BCUT2D eigenvalue weighted by molar-refractivity contribution is -0.136. The zero-order valence-corrected chi connectivity index (χ0v) is 6.49. The normalized spacial score (nSPS) is 13.9. The molecule has 0 aromatic rings. The summed E-state index contributed by atoms with van der Waals surface area (Å²) >= 11 is 0. The topological polar surface area (TPSA) is 38.0 Å². The van der Waals surface area contributed by atoms with Crippen molar-refractivity contribution in [3.63, 3.8) is 0 Å². The van der Waals surface area contributed by atoms with E-state index in [4.69, 9.17) is 12.3 Å². The van der Waals surface area contributed by atoms with Crippen LogP contribution in [0.1, 0.15) is 19.3 Å². The minimum Gasteiger partial charge on any atom is -0.271 e. The first-order valence-corrected chi connectivity index (χ1v) is 3.46. The van der Waals surface area contributed by atoms with Gasteiger partial charge in [0, 0.05) is 18.9 Å². The van der Waals surface area contributed by atoms with Crippen molar-refractivity contribution in [1.29, 1.82) is 0 Å². The molecular weight excluding hydrogens is 169 g/mol. The summed E-state index contributed by atoms with van der Waals surface area (Å²) in [6.07, 6.45) is 0.0604. The minimum atomic E-state index is -4.14. The monoisotopic (exact) mass is 180 g/mol. The van der Waals surface area contributed by atoms with Gasteiger partial charge in [-0.05, 0) is 6.42 Å². The first kappa shape index (κ1) is 11.3. The molecule has 70 valence electrons. The molecule has 1 atom stereocenters. The van der Waals surface area contributed by atoms with Gasteiger partial charge in [0.2, 0.25) is 0 Å². The molecule has 5 heteroatoms. The molecule has 0 saturated carbocycles.